The predicted molar refractivity (Wildman–Crippen MR) is 210 cm³/mol. The number of alkyl halides is 3. The zero-order valence-electron chi connectivity index (χ0n) is 29.1. The Hall–Kier alpha value is -8.11. The number of hydrogen-bond acceptors (Lipinski definition) is 4. The second kappa shape index (κ2) is 12.8. The lowest BCUT2D eigenvalue weighted by molar-refractivity contribution is -0.137. The van der Waals surface area contributed by atoms with Gasteiger partial charge in [-0.3, -0.25) is 0 Å². The number of fused-ring (bicyclic) bond motifs is 6. The van der Waals surface area contributed by atoms with Gasteiger partial charge in [0.25, 0.3) is 0 Å². The molecule has 0 aliphatic carbocycles. The molecular formula is C47H23F3N6. The second-order valence-electron chi connectivity index (χ2n) is 13.3. The number of nitrogens with zero attached hydrogens (tertiary/aromatic N) is 6. The van der Waals surface area contributed by atoms with E-state index in [1.165, 1.54) is 12.1 Å². The van der Waals surface area contributed by atoms with Gasteiger partial charge in [-0.2, -0.15) is 34.2 Å². The van der Waals surface area contributed by atoms with E-state index in [0.29, 0.717) is 39.2 Å². The van der Waals surface area contributed by atoms with Crippen LogP contribution in [0.2, 0.25) is 0 Å². The number of halogens is 3. The predicted octanol–water partition coefficient (Wildman–Crippen LogP) is 11.7. The minimum atomic E-state index is -4.75. The van der Waals surface area contributed by atoms with Crippen LogP contribution in [0.3, 0.4) is 0 Å². The van der Waals surface area contributed by atoms with E-state index in [9.17, 15) is 34.2 Å². The quantitative estimate of drug-likeness (QED) is 0.180. The van der Waals surface area contributed by atoms with Crippen LogP contribution in [0.1, 0.15) is 27.8 Å². The Labute approximate surface area is 317 Å². The molecule has 0 fully saturated rings. The average molecular weight is 729 g/mol. The Kier molecular flexibility index (Phi) is 7.69. The first-order valence-corrected chi connectivity index (χ1v) is 17.4. The standard InChI is InChI=1S/C47H23F3N6/c48-47(49,50)40-21-30(26-53)9-14-33(40)32-13-18-45(55-41-7-3-1-5-34(41)37-19-28(24-51)11-16-43(37)55)39(23-32)36-15-10-31(27-54)22-46(36)56-42-8-4-2-6-35(42)38-20-29(25-52)12-17-44(38)56/h1-23H. The molecule has 0 unspecified atom stereocenters. The van der Waals surface area contributed by atoms with E-state index < -0.39 is 11.7 Å². The van der Waals surface area contributed by atoms with Crippen molar-refractivity contribution in [2.45, 2.75) is 6.18 Å². The van der Waals surface area contributed by atoms with Crippen LogP contribution >= 0.6 is 0 Å². The number of benzene rings is 7. The summed E-state index contributed by atoms with van der Waals surface area (Å²) in [5.41, 5.74) is 6.05. The fraction of sp³-hybridized carbons (Fsp3) is 0.0213. The lowest BCUT2D eigenvalue weighted by Gasteiger charge is -2.21. The fourth-order valence-electron chi connectivity index (χ4n) is 7.83. The molecule has 0 radical (unpaired) electrons. The van der Waals surface area contributed by atoms with Crippen molar-refractivity contribution in [3.63, 3.8) is 0 Å². The topological polar surface area (TPSA) is 105 Å². The van der Waals surface area contributed by atoms with Crippen molar-refractivity contribution < 1.29 is 13.2 Å². The van der Waals surface area contributed by atoms with Crippen LogP contribution in [0, 0.1) is 45.3 Å². The van der Waals surface area contributed by atoms with Gasteiger partial charge in [0.1, 0.15) is 0 Å². The zero-order valence-corrected chi connectivity index (χ0v) is 29.1. The first-order valence-electron chi connectivity index (χ1n) is 17.4. The molecule has 9 aromatic rings. The normalized spacial score (nSPS) is 11.4. The van der Waals surface area contributed by atoms with Gasteiger partial charge in [-0.05, 0) is 96.1 Å². The molecule has 0 amide bonds. The molecule has 2 aromatic heterocycles. The van der Waals surface area contributed by atoms with E-state index >= 15 is 0 Å². The van der Waals surface area contributed by atoms with E-state index in [2.05, 4.69) is 18.2 Å². The second-order valence-corrected chi connectivity index (χ2v) is 13.3. The van der Waals surface area contributed by atoms with Crippen LogP contribution in [0.4, 0.5) is 13.2 Å². The first kappa shape index (κ1) is 33.7. The molecule has 0 saturated carbocycles. The number of para-hydroxylation sites is 2. The van der Waals surface area contributed by atoms with Gasteiger partial charge in [-0.15, -0.1) is 0 Å². The highest BCUT2D eigenvalue weighted by Gasteiger charge is 2.34. The van der Waals surface area contributed by atoms with Crippen LogP contribution < -0.4 is 0 Å². The number of hydrogen-bond donors (Lipinski definition) is 0. The van der Waals surface area contributed by atoms with Crippen molar-refractivity contribution in [1.82, 2.24) is 9.13 Å². The number of aromatic nitrogens is 2. The molecular weight excluding hydrogens is 706 g/mol. The lowest BCUT2D eigenvalue weighted by Crippen LogP contribution is -2.08. The van der Waals surface area contributed by atoms with E-state index in [1.807, 2.05) is 94.1 Å². The maximum absolute atomic E-state index is 14.7. The summed E-state index contributed by atoms with van der Waals surface area (Å²) >= 11 is 0. The van der Waals surface area contributed by atoms with Crippen molar-refractivity contribution in [2.24, 2.45) is 0 Å². The highest BCUT2D eigenvalue weighted by Crippen LogP contribution is 2.44. The Morgan fingerprint density at radius 1 is 0.393 bits per heavy atom. The van der Waals surface area contributed by atoms with Gasteiger partial charge >= 0.3 is 6.18 Å². The summed E-state index contributed by atoms with van der Waals surface area (Å²) < 4.78 is 48.1. The summed E-state index contributed by atoms with van der Waals surface area (Å²) in [5, 5.41) is 42.7. The third-order valence-corrected chi connectivity index (χ3v) is 10.3. The van der Waals surface area contributed by atoms with Crippen molar-refractivity contribution in [3.8, 4) is 57.9 Å². The lowest BCUT2D eigenvalue weighted by atomic mass is 9.92. The van der Waals surface area contributed by atoms with Gasteiger partial charge in [0, 0.05) is 32.7 Å². The van der Waals surface area contributed by atoms with E-state index in [4.69, 9.17) is 0 Å². The fourth-order valence-corrected chi connectivity index (χ4v) is 7.83. The van der Waals surface area contributed by atoms with E-state index in [1.54, 1.807) is 42.5 Å². The molecule has 0 spiro atoms. The Bertz CT molecular complexity index is 3300. The molecule has 0 bridgehead atoms. The average Bonchev–Trinajstić information content (AvgIpc) is 3.74. The molecule has 262 valence electrons. The van der Waals surface area contributed by atoms with Crippen molar-refractivity contribution in [3.05, 3.63) is 167 Å². The van der Waals surface area contributed by atoms with Crippen LogP contribution in [-0.4, -0.2) is 9.13 Å². The minimum absolute atomic E-state index is 0.0960. The van der Waals surface area contributed by atoms with Crippen LogP contribution in [0.25, 0.3) is 77.2 Å². The van der Waals surface area contributed by atoms with Crippen molar-refractivity contribution in [1.29, 1.82) is 21.0 Å². The highest BCUT2D eigenvalue weighted by molar-refractivity contribution is 6.12. The van der Waals surface area contributed by atoms with Crippen LogP contribution in [-0.2, 0) is 6.18 Å². The van der Waals surface area contributed by atoms with Gasteiger partial charge in [0.2, 0.25) is 0 Å². The largest absolute Gasteiger partial charge is 0.417 e. The summed E-state index contributed by atoms with van der Waals surface area (Å²) in [5.74, 6) is 0. The minimum Gasteiger partial charge on any atom is -0.309 e. The summed E-state index contributed by atoms with van der Waals surface area (Å²) in [6.45, 7) is 0. The summed E-state index contributed by atoms with van der Waals surface area (Å²) in [7, 11) is 0. The van der Waals surface area contributed by atoms with E-state index in [0.717, 1.165) is 49.7 Å². The SMILES string of the molecule is N#Cc1ccc(-c2cc(-c3ccc(C#N)cc3C(F)(F)F)ccc2-n2c3ccccc3c3cc(C#N)ccc32)c(-n2c3ccccc3c3cc(C#N)ccc32)c1. The van der Waals surface area contributed by atoms with Crippen LogP contribution in [0.15, 0.2) is 140 Å². The molecule has 6 nitrogen and oxygen atoms in total. The van der Waals surface area contributed by atoms with Gasteiger partial charge < -0.3 is 9.13 Å². The highest BCUT2D eigenvalue weighted by atomic mass is 19.4. The summed E-state index contributed by atoms with van der Waals surface area (Å²) in [6, 6.07) is 48.8. The van der Waals surface area contributed by atoms with Gasteiger partial charge in [0.05, 0.1) is 85.5 Å². The molecule has 0 aliphatic heterocycles. The summed E-state index contributed by atoms with van der Waals surface area (Å²) in [4.78, 5) is 0. The molecule has 0 aliphatic rings. The zero-order chi connectivity index (χ0) is 38.7. The maximum atomic E-state index is 14.7. The van der Waals surface area contributed by atoms with E-state index in [-0.39, 0.29) is 16.7 Å². The summed E-state index contributed by atoms with van der Waals surface area (Å²) in [6.07, 6.45) is -4.75. The monoisotopic (exact) mass is 728 g/mol. The van der Waals surface area contributed by atoms with Crippen molar-refractivity contribution >= 4 is 43.6 Å². The molecule has 56 heavy (non-hydrogen) atoms. The molecule has 2 heterocycles. The van der Waals surface area contributed by atoms with Crippen molar-refractivity contribution in [2.75, 3.05) is 0 Å². The molecule has 0 N–H and O–H groups in total. The molecule has 0 atom stereocenters. The third-order valence-electron chi connectivity index (χ3n) is 10.3. The molecule has 0 saturated heterocycles. The molecule has 9 rings (SSSR count). The number of nitriles is 4. The van der Waals surface area contributed by atoms with Gasteiger partial charge in [0.15, 0.2) is 0 Å². The first-order chi connectivity index (χ1) is 27.2. The Morgan fingerprint density at radius 2 is 0.857 bits per heavy atom. The Morgan fingerprint density at radius 3 is 1.41 bits per heavy atom. The smallest absolute Gasteiger partial charge is 0.309 e. The van der Waals surface area contributed by atoms with Gasteiger partial charge in [-0.1, -0.05) is 54.6 Å². The number of rotatable bonds is 4. The Balaban J connectivity index is 1.43. The van der Waals surface area contributed by atoms with Crippen LogP contribution in [0.5, 0.6) is 0 Å². The third kappa shape index (κ3) is 5.24. The maximum Gasteiger partial charge on any atom is 0.417 e. The molecule has 7 aromatic carbocycles. The van der Waals surface area contributed by atoms with Gasteiger partial charge in [-0.25, -0.2) is 0 Å². The molecule has 9 heteroatoms.